The molecule has 0 saturated heterocycles. The lowest BCUT2D eigenvalue weighted by Crippen LogP contribution is -2.38. The molecule has 1 unspecified atom stereocenters. The van der Waals surface area contributed by atoms with Gasteiger partial charge in [-0.25, -0.2) is 0 Å². The van der Waals surface area contributed by atoms with Crippen molar-refractivity contribution in [1.82, 2.24) is 20.4 Å². The van der Waals surface area contributed by atoms with E-state index >= 15 is 0 Å². The molecule has 0 aromatic carbocycles. The third kappa shape index (κ3) is 8.42. The van der Waals surface area contributed by atoms with Crippen molar-refractivity contribution in [2.24, 2.45) is 18.0 Å². The molecule has 146 valence electrons. The predicted octanol–water partition coefficient (Wildman–Crippen LogP) is 3.97. The number of unbranched alkanes of at least 4 members (excludes halogenated alkanes) is 1. The van der Waals surface area contributed by atoms with Gasteiger partial charge in [-0.1, -0.05) is 33.1 Å². The largest absolute Gasteiger partial charge is 0.357 e. The van der Waals surface area contributed by atoms with Crippen LogP contribution in [0.15, 0.2) is 4.99 Å². The number of halogens is 1. The topological polar surface area (TPSA) is 54.2 Å². The van der Waals surface area contributed by atoms with E-state index in [0.29, 0.717) is 5.92 Å². The van der Waals surface area contributed by atoms with E-state index in [1.807, 2.05) is 11.7 Å². The predicted molar refractivity (Wildman–Crippen MR) is 119 cm³/mol. The second-order valence-corrected chi connectivity index (χ2v) is 6.59. The average molecular weight is 463 g/mol. The van der Waals surface area contributed by atoms with Crippen LogP contribution >= 0.6 is 24.0 Å². The van der Waals surface area contributed by atoms with Gasteiger partial charge in [0.2, 0.25) is 0 Å². The summed E-state index contributed by atoms with van der Waals surface area (Å²) in [7, 11) is 2.01. The first kappa shape index (κ1) is 24.2. The summed E-state index contributed by atoms with van der Waals surface area (Å²) in [6.45, 7) is 13.5. The van der Waals surface area contributed by atoms with E-state index in [2.05, 4.69) is 50.4 Å². The first-order valence-corrected chi connectivity index (χ1v) is 9.54. The average Bonchev–Trinajstić information content (AvgIpc) is 2.80. The minimum atomic E-state index is 0. The summed E-state index contributed by atoms with van der Waals surface area (Å²) in [5.74, 6) is 1.63. The maximum absolute atomic E-state index is 4.79. The molecule has 0 spiro atoms. The molecule has 0 aliphatic carbocycles. The Kier molecular flexibility index (Phi) is 13.0. The molecule has 1 aromatic rings. The number of hydrogen-bond acceptors (Lipinski definition) is 2. The maximum Gasteiger partial charge on any atom is 0.191 e. The minimum Gasteiger partial charge on any atom is -0.357 e. The van der Waals surface area contributed by atoms with Crippen LogP contribution in [0.5, 0.6) is 0 Å². The molecule has 0 fully saturated rings. The highest BCUT2D eigenvalue weighted by molar-refractivity contribution is 14.0. The zero-order valence-electron chi connectivity index (χ0n) is 17.0. The molecule has 5 nitrogen and oxygen atoms in total. The van der Waals surface area contributed by atoms with Crippen molar-refractivity contribution < 1.29 is 0 Å². The SMILES string of the molecule is CCCCC(CC)CN=C(NCC)NCCc1c(C)nn(C)c1C.I. The summed E-state index contributed by atoms with van der Waals surface area (Å²) in [5.41, 5.74) is 3.72. The standard InChI is InChI=1S/C19H37N5.HI/c1-7-10-11-17(8-2)14-22-19(20-9-3)21-13-12-18-15(4)23-24(6)16(18)5;/h17H,7-14H2,1-6H3,(H2,20,21,22);1H. The fourth-order valence-corrected chi connectivity index (χ4v) is 2.96. The smallest absolute Gasteiger partial charge is 0.191 e. The second kappa shape index (κ2) is 13.4. The molecular weight excluding hydrogens is 425 g/mol. The van der Waals surface area contributed by atoms with Gasteiger partial charge in [0.1, 0.15) is 0 Å². The summed E-state index contributed by atoms with van der Waals surface area (Å²) in [6.07, 6.45) is 6.03. The van der Waals surface area contributed by atoms with E-state index in [-0.39, 0.29) is 24.0 Å². The zero-order chi connectivity index (χ0) is 17.9. The van der Waals surface area contributed by atoms with Crippen molar-refractivity contribution >= 4 is 29.9 Å². The molecule has 1 atom stereocenters. The Balaban J connectivity index is 0.00000576. The molecule has 0 radical (unpaired) electrons. The molecule has 1 aromatic heterocycles. The Labute approximate surface area is 171 Å². The van der Waals surface area contributed by atoms with Crippen LogP contribution in [0, 0.1) is 19.8 Å². The number of hydrogen-bond donors (Lipinski definition) is 2. The number of nitrogens with zero attached hydrogens (tertiary/aromatic N) is 3. The third-order valence-corrected chi connectivity index (χ3v) is 4.72. The Morgan fingerprint density at radius 2 is 1.92 bits per heavy atom. The van der Waals surface area contributed by atoms with Crippen LogP contribution in [0.4, 0.5) is 0 Å². The van der Waals surface area contributed by atoms with E-state index in [0.717, 1.165) is 37.7 Å². The second-order valence-electron chi connectivity index (χ2n) is 6.59. The number of aliphatic imine (C=N–C) groups is 1. The molecule has 25 heavy (non-hydrogen) atoms. The molecule has 0 saturated carbocycles. The van der Waals surface area contributed by atoms with E-state index < -0.39 is 0 Å². The molecule has 6 heteroatoms. The van der Waals surface area contributed by atoms with Crippen LogP contribution in [0.25, 0.3) is 0 Å². The lowest BCUT2D eigenvalue weighted by Gasteiger charge is -2.15. The Hall–Kier alpha value is -0.790. The summed E-state index contributed by atoms with van der Waals surface area (Å²) >= 11 is 0. The van der Waals surface area contributed by atoms with Crippen molar-refractivity contribution in [1.29, 1.82) is 0 Å². The third-order valence-electron chi connectivity index (χ3n) is 4.72. The van der Waals surface area contributed by atoms with Gasteiger partial charge in [0.25, 0.3) is 0 Å². The summed E-state index contributed by atoms with van der Waals surface area (Å²) < 4.78 is 1.96. The van der Waals surface area contributed by atoms with Crippen molar-refractivity contribution in [3.05, 3.63) is 17.0 Å². The van der Waals surface area contributed by atoms with Gasteiger partial charge in [-0.15, -0.1) is 24.0 Å². The van der Waals surface area contributed by atoms with Gasteiger partial charge in [0, 0.05) is 32.4 Å². The van der Waals surface area contributed by atoms with E-state index in [1.165, 1.54) is 36.9 Å². The van der Waals surface area contributed by atoms with Crippen LogP contribution in [0.2, 0.25) is 0 Å². The summed E-state index contributed by atoms with van der Waals surface area (Å²) in [4.78, 5) is 4.79. The molecule has 1 rings (SSSR count). The first-order chi connectivity index (χ1) is 11.5. The Morgan fingerprint density at radius 1 is 1.20 bits per heavy atom. The summed E-state index contributed by atoms with van der Waals surface area (Å²) in [5, 5.41) is 11.3. The van der Waals surface area contributed by atoms with Crippen LogP contribution in [-0.4, -0.2) is 35.4 Å². The van der Waals surface area contributed by atoms with Crippen LogP contribution in [-0.2, 0) is 13.5 Å². The lowest BCUT2D eigenvalue weighted by molar-refractivity contribution is 0.461. The molecule has 0 aliphatic rings. The van der Waals surface area contributed by atoms with Crippen LogP contribution in [0.1, 0.15) is 63.4 Å². The van der Waals surface area contributed by atoms with Crippen molar-refractivity contribution in [3.63, 3.8) is 0 Å². The van der Waals surface area contributed by atoms with Crippen molar-refractivity contribution in [2.75, 3.05) is 19.6 Å². The number of aryl methyl sites for hydroxylation is 2. The molecule has 0 amide bonds. The van der Waals surface area contributed by atoms with Gasteiger partial charge in [-0.2, -0.15) is 5.10 Å². The molecule has 1 heterocycles. The quantitative estimate of drug-likeness (QED) is 0.314. The fourth-order valence-electron chi connectivity index (χ4n) is 2.96. The normalized spacial score (nSPS) is 12.6. The molecule has 0 aliphatic heterocycles. The lowest BCUT2D eigenvalue weighted by atomic mass is 10.00. The fraction of sp³-hybridized carbons (Fsp3) is 0.789. The van der Waals surface area contributed by atoms with Gasteiger partial charge in [0.05, 0.1) is 5.69 Å². The van der Waals surface area contributed by atoms with Gasteiger partial charge in [-0.05, 0) is 45.1 Å². The van der Waals surface area contributed by atoms with Crippen molar-refractivity contribution in [2.45, 2.75) is 66.7 Å². The number of guanidine groups is 1. The molecular formula is C19H38IN5. The highest BCUT2D eigenvalue weighted by Crippen LogP contribution is 2.13. The van der Waals surface area contributed by atoms with Gasteiger partial charge in [0.15, 0.2) is 5.96 Å². The van der Waals surface area contributed by atoms with E-state index in [9.17, 15) is 0 Å². The van der Waals surface area contributed by atoms with Crippen molar-refractivity contribution in [3.8, 4) is 0 Å². The van der Waals surface area contributed by atoms with Crippen LogP contribution in [0.3, 0.4) is 0 Å². The van der Waals surface area contributed by atoms with Gasteiger partial charge in [-0.3, -0.25) is 9.67 Å². The molecule has 2 N–H and O–H groups in total. The Bertz CT molecular complexity index is 510. The van der Waals surface area contributed by atoms with Gasteiger partial charge >= 0.3 is 0 Å². The zero-order valence-corrected chi connectivity index (χ0v) is 19.3. The highest BCUT2D eigenvalue weighted by atomic mass is 127. The van der Waals surface area contributed by atoms with E-state index in [1.54, 1.807) is 0 Å². The number of rotatable bonds is 10. The molecule has 0 bridgehead atoms. The Morgan fingerprint density at radius 3 is 2.44 bits per heavy atom. The summed E-state index contributed by atoms with van der Waals surface area (Å²) in [6, 6.07) is 0. The number of nitrogens with one attached hydrogen (secondary N) is 2. The minimum absolute atomic E-state index is 0. The maximum atomic E-state index is 4.79. The van der Waals surface area contributed by atoms with E-state index in [4.69, 9.17) is 4.99 Å². The van der Waals surface area contributed by atoms with Crippen LogP contribution < -0.4 is 10.6 Å². The van der Waals surface area contributed by atoms with Gasteiger partial charge < -0.3 is 10.6 Å². The first-order valence-electron chi connectivity index (χ1n) is 9.54. The highest BCUT2D eigenvalue weighted by Gasteiger charge is 2.09. The number of aromatic nitrogens is 2. The monoisotopic (exact) mass is 463 g/mol.